The highest BCUT2D eigenvalue weighted by molar-refractivity contribution is 8.76. The molecule has 61 heavy (non-hydrogen) atoms. The molecule has 7 nitrogen and oxygen atoms in total. The van der Waals surface area contributed by atoms with Crippen LogP contribution in [0.3, 0.4) is 0 Å². The van der Waals surface area contributed by atoms with E-state index in [1.54, 1.807) is 22.3 Å². The Hall–Kier alpha value is -1.36. The number of ketones is 1. The molecular formula is C52H72N2O5S2. The molecule has 0 amide bonds. The number of aromatic nitrogens is 2. The summed E-state index contributed by atoms with van der Waals surface area (Å²) in [6.07, 6.45) is 24.3. The van der Waals surface area contributed by atoms with Crippen LogP contribution in [0.2, 0.25) is 0 Å². The first-order valence-corrected chi connectivity index (χ1v) is 27.4. The predicted octanol–water partition coefficient (Wildman–Crippen LogP) is 9.68. The second-order valence-electron chi connectivity index (χ2n) is 24.3. The van der Waals surface area contributed by atoms with Gasteiger partial charge in [0.1, 0.15) is 0 Å². The first-order valence-electron chi connectivity index (χ1n) is 24.9. The summed E-state index contributed by atoms with van der Waals surface area (Å²) in [5.74, 6) is 4.22. The average Bonchev–Trinajstić information content (AvgIpc) is 3.96. The molecule has 4 N–H and O–H groups in total. The first kappa shape index (κ1) is 41.1. The third kappa shape index (κ3) is 5.52. The van der Waals surface area contributed by atoms with Crippen LogP contribution in [0.4, 0.5) is 0 Å². The van der Waals surface area contributed by atoms with Crippen molar-refractivity contribution in [2.45, 2.75) is 167 Å². The van der Waals surface area contributed by atoms with Crippen LogP contribution in [0.25, 0.3) is 0 Å². The van der Waals surface area contributed by atoms with E-state index >= 15 is 0 Å². The maximum absolute atomic E-state index is 14.4. The standard InChI is InChI=1S/C52H72N2O5S2/c1-48(2)23-32(54-16-15-53-27-54)26-61-60-25-31-19-37(50(4)14-12-36-38(52(31,50)59)20-40(55)39-21-41(56)42(57)24-49(36,39)3)34-18-29-7-5-9-33-43(29)44(47(34)58)46(48)35-17-28-10-11-30-8-6-13-51(30,22-28)45(33)35/h15-16,20,27-32,34,36-37,39,41-42,44-45,47,56-59H,5-14,17-19,21-26H2,1-4H3. The van der Waals surface area contributed by atoms with Gasteiger partial charge < -0.3 is 25.0 Å². The minimum absolute atomic E-state index is 0.0225. The highest BCUT2D eigenvalue weighted by Crippen LogP contribution is 2.75. The summed E-state index contributed by atoms with van der Waals surface area (Å²) < 4.78 is 2.36. The van der Waals surface area contributed by atoms with Crippen LogP contribution in [0.1, 0.15) is 143 Å². The lowest BCUT2D eigenvalue weighted by Crippen LogP contribution is -2.63. The lowest BCUT2D eigenvalue weighted by Gasteiger charge is -2.63. The molecule has 11 aliphatic rings. The van der Waals surface area contributed by atoms with Gasteiger partial charge in [-0.25, -0.2) is 4.98 Å². The zero-order chi connectivity index (χ0) is 42.0. The number of fused-ring (bicyclic) bond motifs is 14. The molecule has 1 spiro atoms. The fourth-order valence-corrected chi connectivity index (χ4v) is 21.9. The summed E-state index contributed by atoms with van der Waals surface area (Å²) in [6.45, 7) is 9.65. The Balaban J connectivity index is 1.03. The fourth-order valence-electron chi connectivity index (χ4n) is 19.2. The molecule has 1 aromatic heterocycles. The van der Waals surface area contributed by atoms with Crippen LogP contribution >= 0.6 is 21.6 Å². The third-order valence-electron chi connectivity index (χ3n) is 21.5. The summed E-state index contributed by atoms with van der Waals surface area (Å²) in [5, 5.41) is 49.7. The number of hydrogen-bond acceptors (Lipinski definition) is 8. The van der Waals surface area contributed by atoms with Gasteiger partial charge in [-0.05, 0) is 166 Å². The number of rotatable bonds is 1. The summed E-state index contributed by atoms with van der Waals surface area (Å²) in [7, 11) is 3.86. The molecule has 18 atom stereocenters. The largest absolute Gasteiger partial charge is 0.392 e. The maximum atomic E-state index is 14.4. The normalized spacial score (nSPS) is 52.3. The zero-order valence-electron chi connectivity index (χ0n) is 37.2. The van der Waals surface area contributed by atoms with E-state index in [2.05, 4.69) is 43.4 Å². The molecule has 18 unspecified atom stereocenters. The summed E-state index contributed by atoms with van der Waals surface area (Å²) in [6, 6.07) is 0.242. The molecule has 8 fully saturated rings. The Bertz CT molecular complexity index is 2080. The molecule has 6 bridgehead atoms. The monoisotopic (exact) mass is 868 g/mol. The summed E-state index contributed by atoms with van der Waals surface area (Å²) >= 11 is 0. The Labute approximate surface area is 372 Å². The van der Waals surface area contributed by atoms with Gasteiger partial charge >= 0.3 is 0 Å². The molecule has 9 heteroatoms. The molecular weight excluding hydrogens is 797 g/mol. The lowest BCUT2D eigenvalue weighted by molar-refractivity contribution is -0.160. The van der Waals surface area contributed by atoms with E-state index < -0.39 is 34.7 Å². The first-order chi connectivity index (χ1) is 29.2. The van der Waals surface area contributed by atoms with Crippen LogP contribution in [-0.4, -0.2) is 71.2 Å². The molecule has 10 aliphatic carbocycles. The fraction of sp³-hybridized carbons (Fsp3) is 0.808. The van der Waals surface area contributed by atoms with Gasteiger partial charge in [0.25, 0.3) is 0 Å². The van der Waals surface area contributed by atoms with Crippen molar-refractivity contribution in [3.63, 3.8) is 0 Å². The molecule has 0 radical (unpaired) electrons. The van der Waals surface area contributed by atoms with Gasteiger partial charge in [-0.1, -0.05) is 78.0 Å². The van der Waals surface area contributed by atoms with E-state index in [1.807, 2.05) is 40.2 Å². The smallest absolute Gasteiger partial charge is 0.159 e. The number of hydrogen-bond donors (Lipinski definition) is 4. The van der Waals surface area contributed by atoms with E-state index in [1.165, 1.54) is 64.2 Å². The van der Waals surface area contributed by atoms with E-state index in [-0.39, 0.29) is 59.2 Å². The molecule has 2 heterocycles. The number of aliphatic hydroxyl groups is 4. The number of carbonyl (C=O) groups excluding carboxylic acids is 1. The van der Waals surface area contributed by atoms with Gasteiger partial charge in [-0.2, -0.15) is 0 Å². The molecule has 0 aromatic carbocycles. The molecule has 1 aromatic rings. The lowest BCUT2D eigenvalue weighted by atomic mass is 9.42. The number of nitrogens with zero attached hydrogens (tertiary/aromatic N) is 2. The number of imidazole rings is 1. The predicted molar refractivity (Wildman–Crippen MR) is 242 cm³/mol. The third-order valence-corrected chi connectivity index (χ3v) is 24.0. The van der Waals surface area contributed by atoms with Gasteiger partial charge in [0.05, 0.1) is 30.2 Å². The van der Waals surface area contributed by atoms with Crippen LogP contribution in [0.5, 0.6) is 0 Å². The number of aliphatic hydroxyl groups excluding tert-OH is 3. The molecule has 1 aliphatic heterocycles. The Kier molecular flexibility index (Phi) is 9.48. The van der Waals surface area contributed by atoms with Crippen molar-refractivity contribution in [1.29, 1.82) is 0 Å². The van der Waals surface area contributed by atoms with E-state index in [9.17, 15) is 25.2 Å². The van der Waals surface area contributed by atoms with Crippen LogP contribution < -0.4 is 0 Å². The SMILES string of the molecule is CC1(C)CC(n2ccnc2)CSSCC2CC(C3CC4CCCC5=C4C(C1=C1CC4CCC6CCCC6(C4)C51)C3O)C1(C)CCC3C(=CC(=O)C4CC(O)C(O)CC43C)C21O. The van der Waals surface area contributed by atoms with Crippen molar-refractivity contribution in [2.24, 2.45) is 80.8 Å². The Morgan fingerprint density at radius 2 is 1.67 bits per heavy atom. The van der Waals surface area contributed by atoms with Crippen LogP contribution in [0.15, 0.2) is 52.7 Å². The number of allylic oxidation sites excluding steroid dienone is 3. The maximum Gasteiger partial charge on any atom is 0.159 e. The molecule has 1 saturated heterocycles. The highest BCUT2D eigenvalue weighted by atomic mass is 33.1. The molecule has 332 valence electrons. The van der Waals surface area contributed by atoms with E-state index in [0.717, 1.165) is 61.0 Å². The summed E-state index contributed by atoms with van der Waals surface area (Å²) in [4.78, 5) is 18.9. The second kappa shape index (κ2) is 14.1. The highest BCUT2D eigenvalue weighted by Gasteiger charge is 2.72. The topological polar surface area (TPSA) is 116 Å². The molecule has 12 rings (SSSR count). The van der Waals surface area contributed by atoms with Crippen molar-refractivity contribution in [3.8, 4) is 0 Å². The van der Waals surface area contributed by atoms with Crippen molar-refractivity contribution in [3.05, 3.63) is 52.7 Å². The van der Waals surface area contributed by atoms with Crippen molar-refractivity contribution in [2.75, 3.05) is 11.5 Å². The summed E-state index contributed by atoms with van der Waals surface area (Å²) in [5.41, 5.74) is 5.88. The van der Waals surface area contributed by atoms with Gasteiger partial charge in [0.2, 0.25) is 0 Å². The Morgan fingerprint density at radius 1 is 0.836 bits per heavy atom. The molecule has 7 saturated carbocycles. The van der Waals surface area contributed by atoms with Crippen molar-refractivity contribution < 1.29 is 25.2 Å². The van der Waals surface area contributed by atoms with Crippen molar-refractivity contribution >= 4 is 27.4 Å². The van der Waals surface area contributed by atoms with E-state index in [4.69, 9.17) is 0 Å². The zero-order valence-corrected chi connectivity index (χ0v) is 38.9. The van der Waals surface area contributed by atoms with Crippen molar-refractivity contribution in [1.82, 2.24) is 9.55 Å². The van der Waals surface area contributed by atoms with Gasteiger partial charge in [0.15, 0.2) is 5.78 Å². The minimum atomic E-state index is -1.19. The van der Waals surface area contributed by atoms with Gasteiger partial charge in [-0.15, -0.1) is 0 Å². The van der Waals surface area contributed by atoms with E-state index in [0.29, 0.717) is 23.7 Å². The van der Waals surface area contributed by atoms with Crippen LogP contribution in [0, 0.1) is 80.8 Å². The second-order valence-corrected chi connectivity index (χ2v) is 26.8. The Morgan fingerprint density at radius 3 is 2.49 bits per heavy atom. The number of carbonyl (C=O) groups is 1. The van der Waals surface area contributed by atoms with Gasteiger partial charge in [-0.3, -0.25) is 4.79 Å². The average molecular weight is 869 g/mol. The van der Waals surface area contributed by atoms with Gasteiger partial charge in [0, 0.05) is 59.0 Å². The van der Waals surface area contributed by atoms with Crippen LogP contribution in [-0.2, 0) is 4.79 Å². The quantitative estimate of drug-likeness (QED) is 0.163. The minimum Gasteiger partial charge on any atom is -0.392 e.